The lowest BCUT2D eigenvalue weighted by atomic mass is 9.68. The molecule has 192 valence electrons. The molecule has 0 radical (unpaired) electrons. The Balaban J connectivity index is 1.26. The zero-order valence-corrected chi connectivity index (χ0v) is 21.5. The van der Waals surface area contributed by atoms with E-state index in [2.05, 4.69) is 13.0 Å². The first kappa shape index (κ1) is 26.3. The number of aryl methyl sites for hydroxylation is 3. The monoisotopic (exact) mass is 484 g/mol. The van der Waals surface area contributed by atoms with Crippen LogP contribution in [0.5, 0.6) is 0 Å². The number of benzene rings is 2. The first-order valence-electron chi connectivity index (χ1n) is 14.2. The molecule has 0 aromatic heterocycles. The number of hydrogen-bond donors (Lipinski definition) is 0. The normalized spacial score (nSPS) is 25.0. The van der Waals surface area contributed by atoms with E-state index in [0.29, 0.717) is 35.8 Å². The fourth-order valence-corrected chi connectivity index (χ4v) is 6.65. The molecule has 0 unspecified atom stereocenters. The molecule has 2 fully saturated rings. The Labute approximate surface area is 210 Å². The van der Waals surface area contributed by atoms with E-state index >= 15 is 0 Å². The molecule has 0 amide bonds. The molecule has 0 atom stereocenters. The summed E-state index contributed by atoms with van der Waals surface area (Å²) in [5.41, 5.74) is 3.53. The van der Waals surface area contributed by atoms with Gasteiger partial charge in [-0.25, -0.2) is 8.78 Å². The average Bonchev–Trinajstić information content (AvgIpc) is 2.88. The molecule has 2 aromatic rings. The lowest BCUT2D eigenvalue weighted by Crippen LogP contribution is -2.25. The Morgan fingerprint density at radius 3 is 1.89 bits per heavy atom. The second-order valence-electron chi connectivity index (χ2n) is 11.3. The van der Waals surface area contributed by atoms with Gasteiger partial charge in [0.25, 0.3) is 0 Å². The standard InChI is InChI=1S/C32H43F3/c1-2-3-4-24-7-10-28(31(34)21-24)15-16-29-17-18-30(22-32(29)35)27-13-11-26(12-14-27)25-8-5-23(6-9-25)19-20-33/h7,10,17-18,21-23,25-27H,2-6,8-9,11-16,19-20H2,1H3. The minimum atomic E-state index is -0.168. The van der Waals surface area contributed by atoms with E-state index in [4.69, 9.17) is 0 Å². The van der Waals surface area contributed by atoms with Gasteiger partial charge in [0, 0.05) is 0 Å². The fraction of sp³-hybridized carbons (Fsp3) is 0.625. The van der Waals surface area contributed by atoms with Gasteiger partial charge in [0.15, 0.2) is 0 Å². The molecule has 35 heavy (non-hydrogen) atoms. The number of alkyl halides is 1. The number of unbranched alkanes of at least 4 members (excludes halogenated alkanes) is 1. The van der Waals surface area contributed by atoms with E-state index in [1.54, 1.807) is 12.1 Å². The van der Waals surface area contributed by atoms with Crippen LogP contribution in [0.25, 0.3) is 0 Å². The Morgan fingerprint density at radius 2 is 1.31 bits per heavy atom. The van der Waals surface area contributed by atoms with Crippen molar-refractivity contribution in [1.82, 2.24) is 0 Å². The van der Waals surface area contributed by atoms with Gasteiger partial charge in [-0.05, 0) is 129 Å². The molecule has 2 aliphatic carbocycles. The van der Waals surface area contributed by atoms with Crippen LogP contribution in [0.1, 0.15) is 106 Å². The van der Waals surface area contributed by atoms with E-state index in [1.807, 2.05) is 18.2 Å². The zero-order valence-electron chi connectivity index (χ0n) is 21.5. The van der Waals surface area contributed by atoms with Gasteiger partial charge in [0.2, 0.25) is 0 Å². The SMILES string of the molecule is CCCCc1ccc(CCc2ccc(C3CCC(C4CCC(CCF)CC4)CC3)cc2F)c(F)c1. The molecule has 2 aliphatic rings. The van der Waals surface area contributed by atoms with E-state index < -0.39 is 0 Å². The van der Waals surface area contributed by atoms with E-state index in [9.17, 15) is 13.2 Å². The second kappa shape index (κ2) is 13.0. The lowest BCUT2D eigenvalue weighted by Gasteiger charge is -2.38. The predicted octanol–water partition coefficient (Wildman–Crippen LogP) is 9.53. The van der Waals surface area contributed by atoms with Crippen molar-refractivity contribution in [2.75, 3.05) is 6.67 Å². The van der Waals surface area contributed by atoms with Crippen LogP contribution in [-0.2, 0) is 19.3 Å². The van der Waals surface area contributed by atoms with Crippen molar-refractivity contribution in [2.45, 2.75) is 103 Å². The predicted molar refractivity (Wildman–Crippen MR) is 140 cm³/mol. The van der Waals surface area contributed by atoms with Crippen LogP contribution in [-0.4, -0.2) is 6.67 Å². The van der Waals surface area contributed by atoms with Crippen molar-refractivity contribution in [3.63, 3.8) is 0 Å². The number of halogens is 3. The summed E-state index contributed by atoms with van der Waals surface area (Å²) >= 11 is 0. The third-order valence-electron chi connectivity index (χ3n) is 9.00. The van der Waals surface area contributed by atoms with E-state index in [0.717, 1.165) is 61.5 Å². The third-order valence-corrected chi connectivity index (χ3v) is 9.00. The molecular weight excluding hydrogens is 441 g/mol. The molecule has 0 N–H and O–H groups in total. The van der Waals surface area contributed by atoms with E-state index in [-0.39, 0.29) is 18.3 Å². The van der Waals surface area contributed by atoms with Gasteiger partial charge >= 0.3 is 0 Å². The first-order valence-corrected chi connectivity index (χ1v) is 14.2. The highest BCUT2D eigenvalue weighted by molar-refractivity contribution is 5.30. The van der Waals surface area contributed by atoms with Crippen LogP contribution in [0, 0.1) is 29.4 Å². The molecule has 4 rings (SSSR count). The smallest absolute Gasteiger partial charge is 0.126 e. The van der Waals surface area contributed by atoms with Crippen LogP contribution in [0.2, 0.25) is 0 Å². The van der Waals surface area contributed by atoms with Crippen LogP contribution in [0.15, 0.2) is 36.4 Å². The topological polar surface area (TPSA) is 0 Å². The highest BCUT2D eigenvalue weighted by Crippen LogP contribution is 2.44. The molecule has 0 bridgehead atoms. The molecule has 0 aliphatic heterocycles. The molecular formula is C32H43F3. The molecule has 0 heterocycles. The highest BCUT2D eigenvalue weighted by atomic mass is 19.1. The lowest BCUT2D eigenvalue weighted by molar-refractivity contribution is 0.153. The Bertz CT molecular complexity index is 920. The molecule has 0 saturated heterocycles. The Kier molecular flexibility index (Phi) is 9.75. The van der Waals surface area contributed by atoms with Crippen molar-refractivity contribution in [2.24, 2.45) is 17.8 Å². The van der Waals surface area contributed by atoms with Crippen molar-refractivity contribution in [3.05, 3.63) is 70.3 Å². The number of hydrogen-bond acceptors (Lipinski definition) is 0. The quantitative estimate of drug-likeness (QED) is 0.315. The number of rotatable bonds is 10. The summed E-state index contributed by atoms with van der Waals surface area (Å²) in [7, 11) is 0. The van der Waals surface area contributed by atoms with Gasteiger partial charge in [-0.2, -0.15) is 0 Å². The summed E-state index contributed by atoms with van der Waals surface area (Å²) in [5.74, 6) is 2.36. The molecule has 3 heteroatoms. The molecule has 0 spiro atoms. The maximum Gasteiger partial charge on any atom is 0.126 e. The maximum atomic E-state index is 15.0. The van der Waals surface area contributed by atoms with Gasteiger partial charge in [0.05, 0.1) is 6.67 Å². The highest BCUT2D eigenvalue weighted by Gasteiger charge is 2.31. The van der Waals surface area contributed by atoms with Gasteiger partial charge in [-0.15, -0.1) is 0 Å². The second-order valence-corrected chi connectivity index (χ2v) is 11.3. The summed E-state index contributed by atoms with van der Waals surface area (Å²) in [5, 5.41) is 0. The summed E-state index contributed by atoms with van der Waals surface area (Å²) in [4.78, 5) is 0. The van der Waals surface area contributed by atoms with Crippen LogP contribution in [0.3, 0.4) is 0 Å². The maximum absolute atomic E-state index is 15.0. The summed E-state index contributed by atoms with van der Waals surface area (Å²) in [6.07, 6.45) is 14.6. The van der Waals surface area contributed by atoms with Crippen molar-refractivity contribution in [1.29, 1.82) is 0 Å². The largest absolute Gasteiger partial charge is 0.251 e. The Hall–Kier alpha value is -1.77. The van der Waals surface area contributed by atoms with Crippen molar-refractivity contribution in [3.8, 4) is 0 Å². The van der Waals surface area contributed by atoms with Crippen LogP contribution < -0.4 is 0 Å². The van der Waals surface area contributed by atoms with Crippen LogP contribution >= 0.6 is 0 Å². The molecule has 2 aromatic carbocycles. The molecule has 2 saturated carbocycles. The Morgan fingerprint density at radius 1 is 0.714 bits per heavy atom. The van der Waals surface area contributed by atoms with Gasteiger partial charge < -0.3 is 0 Å². The average molecular weight is 485 g/mol. The summed E-state index contributed by atoms with van der Waals surface area (Å²) < 4.78 is 42.1. The third kappa shape index (κ3) is 7.14. The van der Waals surface area contributed by atoms with Crippen molar-refractivity contribution < 1.29 is 13.2 Å². The summed E-state index contributed by atoms with van der Waals surface area (Å²) in [6.45, 7) is 1.97. The zero-order chi connectivity index (χ0) is 24.6. The molecule has 0 nitrogen and oxygen atoms in total. The summed E-state index contributed by atoms with van der Waals surface area (Å²) in [6, 6.07) is 11.3. The van der Waals surface area contributed by atoms with Gasteiger partial charge in [-0.3, -0.25) is 4.39 Å². The van der Waals surface area contributed by atoms with Crippen LogP contribution in [0.4, 0.5) is 13.2 Å². The minimum Gasteiger partial charge on any atom is -0.251 e. The minimum absolute atomic E-state index is 0.143. The van der Waals surface area contributed by atoms with Crippen molar-refractivity contribution >= 4 is 0 Å². The van der Waals surface area contributed by atoms with Gasteiger partial charge in [-0.1, -0.05) is 50.5 Å². The first-order chi connectivity index (χ1) is 17.1. The van der Waals surface area contributed by atoms with E-state index in [1.165, 1.54) is 38.5 Å². The van der Waals surface area contributed by atoms with Gasteiger partial charge in [0.1, 0.15) is 11.6 Å². The fourth-order valence-electron chi connectivity index (χ4n) is 6.65.